The number of sulfonamides is 1. The Labute approximate surface area is 177 Å². The summed E-state index contributed by atoms with van der Waals surface area (Å²) in [6, 6.07) is 13.0. The van der Waals surface area contributed by atoms with E-state index in [1.807, 2.05) is 6.92 Å². The van der Waals surface area contributed by atoms with E-state index in [0.717, 1.165) is 25.7 Å². The summed E-state index contributed by atoms with van der Waals surface area (Å²) < 4.78 is 33.3. The molecule has 3 rings (SSSR count). The highest BCUT2D eigenvalue weighted by Crippen LogP contribution is 2.18. The smallest absolute Gasteiger partial charge is 0.262 e. The second-order valence-electron chi connectivity index (χ2n) is 7.10. The molecule has 2 N–H and O–H groups in total. The van der Waals surface area contributed by atoms with Crippen molar-refractivity contribution >= 4 is 27.5 Å². The number of nitrogens with zero attached hydrogens (tertiary/aromatic N) is 1. The third kappa shape index (κ3) is 6.06. The van der Waals surface area contributed by atoms with Gasteiger partial charge < -0.3 is 10.1 Å². The van der Waals surface area contributed by atoms with Crippen molar-refractivity contribution in [2.75, 3.05) is 18.5 Å². The van der Waals surface area contributed by atoms with Crippen LogP contribution >= 0.6 is 0 Å². The van der Waals surface area contributed by atoms with Gasteiger partial charge in [-0.05, 0) is 61.7 Å². The Morgan fingerprint density at radius 1 is 1.10 bits per heavy atom. The number of nitrogens with one attached hydrogen (secondary N) is 2. The molecule has 0 aromatic heterocycles. The lowest BCUT2D eigenvalue weighted by molar-refractivity contribution is 0.102. The summed E-state index contributed by atoms with van der Waals surface area (Å²) in [5.41, 5.74) is 0.971. The van der Waals surface area contributed by atoms with E-state index < -0.39 is 10.0 Å². The Bertz CT molecular complexity index is 1000. The van der Waals surface area contributed by atoms with E-state index in [0.29, 0.717) is 42.4 Å². The van der Waals surface area contributed by atoms with Crippen LogP contribution < -0.4 is 14.8 Å². The van der Waals surface area contributed by atoms with Crippen molar-refractivity contribution in [1.29, 1.82) is 0 Å². The van der Waals surface area contributed by atoms with Crippen molar-refractivity contribution in [3.63, 3.8) is 0 Å². The van der Waals surface area contributed by atoms with Gasteiger partial charge in [0.25, 0.3) is 15.9 Å². The number of hydrogen-bond donors (Lipinski definition) is 2. The molecule has 1 aliphatic rings. The molecule has 2 aromatic rings. The van der Waals surface area contributed by atoms with Crippen molar-refractivity contribution < 1.29 is 17.9 Å². The molecule has 30 heavy (non-hydrogen) atoms. The fraction of sp³-hybridized carbons (Fsp3) is 0.364. The van der Waals surface area contributed by atoms with Crippen LogP contribution in [0.3, 0.4) is 0 Å². The van der Waals surface area contributed by atoms with E-state index >= 15 is 0 Å². The Morgan fingerprint density at radius 2 is 1.90 bits per heavy atom. The fourth-order valence-electron chi connectivity index (χ4n) is 3.04. The van der Waals surface area contributed by atoms with Crippen LogP contribution in [0.25, 0.3) is 0 Å². The van der Waals surface area contributed by atoms with Crippen molar-refractivity contribution in [2.45, 2.75) is 43.9 Å². The minimum atomic E-state index is -3.70. The quantitative estimate of drug-likeness (QED) is 0.696. The zero-order valence-corrected chi connectivity index (χ0v) is 17.9. The topological polar surface area (TPSA) is 96.9 Å². The lowest BCUT2D eigenvalue weighted by Crippen LogP contribution is -2.30. The average Bonchev–Trinajstić information content (AvgIpc) is 3.01. The minimum Gasteiger partial charge on any atom is -0.494 e. The molecular weight excluding hydrogens is 402 g/mol. The van der Waals surface area contributed by atoms with E-state index in [9.17, 15) is 13.2 Å². The van der Waals surface area contributed by atoms with Crippen LogP contribution in [0.1, 0.15) is 49.4 Å². The molecule has 2 aromatic carbocycles. The van der Waals surface area contributed by atoms with Gasteiger partial charge in [0.15, 0.2) is 0 Å². The molecule has 0 radical (unpaired) electrons. The Balaban J connectivity index is 1.65. The third-order valence-electron chi connectivity index (χ3n) is 4.62. The van der Waals surface area contributed by atoms with Gasteiger partial charge in [-0.3, -0.25) is 14.5 Å². The Hall–Kier alpha value is -2.87. The molecule has 8 heteroatoms. The molecule has 0 spiro atoms. The number of anilines is 1. The average molecular weight is 430 g/mol. The SMILES string of the molecule is CCCOc1cccc(C(=O)Nc2ccc(S(=O)(=O)NC3=NCCCCC3)cc2)c1. The van der Waals surface area contributed by atoms with E-state index in [1.54, 1.807) is 36.4 Å². The van der Waals surface area contributed by atoms with Crippen LogP contribution in [0.4, 0.5) is 5.69 Å². The second kappa shape index (κ2) is 10.2. The predicted molar refractivity (Wildman–Crippen MR) is 118 cm³/mol. The minimum absolute atomic E-state index is 0.127. The maximum atomic E-state index is 12.6. The number of aliphatic imine (C=N–C) groups is 1. The van der Waals surface area contributed by atoms with E-state index in [-0.39, 0.29) is 10.8 Å². The Morgan fingerprint density at radius 3 is 2.67 bits per heavy atom. The number of rotatable bonds is 7. The van der Waals surface area contributed by atoms with Crippen molar-refractivity contribution in [2.24, 2.45) is 4.99 Å². The number of amides is 1. The first kappa shape index (κ1) is 21.8. The van der Waals surface area contributed by atoms with Gasteiger partial charge in [0.05, 0.1) is 11.5 Å². The van der Waals surface area contributed by atoms with Crippen molar-refractivity contribution in [3.8, 4) is 5.75 Å². The molecule has 0 atom stereocenters. The number of carbonyl (C=O) groups is 1. The van der Waals surface area contributed by atoms with E-state index in [4.69, 9.17) is 4.74 Å². The summed E-state index contributed by atoms with van der Waals surface area (Å²) in [6.45, 7) is 3.24. The van der Waals surface area contributed by atoms with Crippen LogP contribution in [0, 0.1) is 0 Å². The van der Waals surface area contributed by atoms with Crippen LogP contribution in [-0.2, 0) is 10.0 Å². The number of hydrogen-bond acceptors (Lipinski definition) is 5. The first-order valence-electron chi connectivity index (χ1n) is 10.2. The highest BCUT2D eigenvalue weighted by molar-refractivity contribution is 7.90. The number of ether oxygens (including phenoxy) is 1. The van der Waals surface area contributed by atoms with Gasteiger partial charge in [-0.25, -0.2) is 8.42 Å². The van der Waals surface area contributed by atoms with Crippen LogP contribution in [-0.4, -0.2) is 33.3 Å². The zero-order chi connectivity index (χ0) is 21.4. The predicted octanol–water partition coefficient (Wildman–Crippen LogP) is 3.98. The summed E-state index contributed by atoms with van der Waals surface area (Å²) in [5.74, 6) is 0.854. The fourth-order valence-corrected chi connectivity index (χ4v) is 4.13. The molecule has 0 saturated carbocycles. The first-order chi connectivity index (χ1) is 14.5. The molecular formula is C22H27N3O4S. The molecule has 0 saturated heterocycles. The van der Waals surface area contributed by atoms with Crippen LogP contribution in [0.15, 0.2) is 58.4 Å². The normalized spacial score (nSPS) is 14.4. The van der Waals surface area contributed by atoms with Crippen molar-refractivity contribution in [3.05, 3.63) is 54.1 Å². The van der Waals surface area contributed by atoms with Gasteiger partial charge in [0, 0.05) is 24.2 Å². The first-order valence-corrected chi connectivity index (χ1v) is 11.7. The summed E-state index contributed by atoms with van der Waals surface area (Å²) in [7, 11) is -3.70. The summed E-state index contributed by atoms with van der Waals surface area (Å²) in [4.78, 5) is 16.9. The number of benzene rings is 2. The lowest BCUT2D eigenvalue weighted by Gasteiger charge is -2.11. The van der Waals surface area contributed by atoms with E-state index in [2.05, 4.69) is 15.0 Å². The van der Waals surface area contributed by atoms with E-state index in [1.165, 1.54) is 12.1 Å². The summed E-state index contributed by atoms with van der Waals surface area (Å²) in [6.07, 6.45) is 4.48. The highest BCUT2D eigenvalue weighted by Gasteiger charge is 2.17. The zero-order valence-electron chi connectivity index (χ0n) is 17.1. The molecule has 160 valence electrons. The van der Waals surface area contributed by atoms with Gasteiger partial charge in [-0.2, -0.15) is 0 Å². The molecule has 0 fully saturated rings. The maximum absolute atomic E-state index is 12.6. The molecule has 1 amide bonds. The van der Waals surface area contributed by atoms with Crippen LogP contribution in [0.5, 0.6) is 5.75 Å². The molecule has 1 aliphatic heterocycles. The standard InChI is InChI=1S/C22H27N3O4S/c1-2-15-29-19-8-6-7-17(16-19)22(26)24-18-10-12-20(13-11-18)30(27,28)25-21-9-4-3-5-14-23-21/h6-8,10-13,16H,2-5,9,14-15H2,1H3,(H,23,25)(H,24,26). The molecule has 7 nitrogen and oxygen atoms in total. The summed E-state index contributed by atoms with van der Waals surface area (Å²) in [5, 5.41) is 2.78. The lowest BCUT2D eigenvalue weighted by atomic mass is 10.2. The number of amidine groups is 1. The van der Waals surface area contributed by atoms with Gasteiger partial charge in [-0.1, -0.05) is 19.4 Å². The molecule has 0 bridgehead atoms. The third-order valence-corrected chi connectivity index (χ3v) is 6.02. The molecule has 0 unspecified atom stereocenters. The van der Waals surface area contributed by atoms with Crippen molar-refractivity contribution in [1.82, 2.24) is 4.72 Å². The Kier molecular flexibility index (Phi) is 7.46. The maximum Gasteiger partial charge on any atom is 0.262 e. The molecule has 0 aliphatic carbocycles. The second-order valence-corrected chi connectivity index (χ2v) is 8.78. The van der Waals surface area contributed by atoms with Gasteiger partial charge in [0.2, 0.25) is 0 Å². The van der Waals surface area contributed by atoms with Crippen LogP contribution in [0.2, 0.25) is 0 Å². The molecule has 1 heterocycles. The largest absolute Gasteiger partial charge is 0.494 e. The summed E-state index contributed by atoms with van der Waals surface area (Å²) >= 11 is 0. The van der Waals surface area contributed by atoms with Gasteiger partial charge in [0.1, 0.15) is 11.6 Å². The van der Waals surface area contributed by atoms with Gasteiger partial charge in [-0.15, -0.1) is 0 Å². The monoisotopic (exact) mass is 429 g/mol. The van der Waals surface area contributed by atoms with Gasteiger partial charge >= 0.3 is 0 Å². The highest BCUT2D eigenvalue weighted by atomic mass is 32.2. The number of carbonyl (C=O) groups excluding carboxylic acids is 1.